The largest absolute Gasteiger partial charge is 0.507 e. The number of hydrogen-bond donors (Lipinski definition) is 1. The number of carbonyl (C=O) groups excluding carboxylic acids is 2. The molecule has 0 spiro atoms. The Morgan fingerprint density at radius 3 is 2.21 bits per heavy atom. The van der Waals surface area contributed by atoms with Crippen LogP contribution in [0.2, 0.25) is 0 Å². The number of aliphatic hydroxyl groups is 1. The molecule has 0 bridgehead atoms. The van der Waals surface area contributed by atoms with Gasteiger partial charge in [0.1, 0.15) is 17.3 Å². The van der Waals surface area contributed by atoms with Gasteiger partial charge < -0.3 is 19.5 Å². The smallest absolute Gasteiger partial charge is 0.295 e. The van der Waals surface area contributed by atoms with Gasteiger partial charge in [0.15, 0.2) is 0 Å². The lowest BCUT2D eigenvalue weighted by atomic mass is 9.95. The number of aliphatic hydroxyl groups excluding tert-OH is 1. The van der Waals surface area contributed by atoms with Gasteiger partial charge in [0.2, 0.25) is 0 Å². The average Bonchev–Trinajstić information content (AvgIpc) is 3.04. The molecule has 2 aromatic carbocycles. The highest BCUT2D eigenvalue weighted by Crippen LogP contribution is 2.40. The standard InChI is InChI=1S/C28H35NO5/c1-6-7-8-16-29-25(21-10-9-11-23(17-21)34-19(4)5)24(27(31)28(29)32)26(30)20-12-14-22(15-13-20)33-18(2)3/h9-15,17-19,25,30H,6-8,16H2,1-5H3/b26-24-. The van der Waals surface area contributed by atoms with Crippen molar-refractivity contribution < 1.29 is 24.2 Å². The van der Waals surface area contributed by atoms with Crippen molar-refractivity contribution in [2.45, 2.75) is 72.1 Å². The van der Waals surface area contributed by atoms with E-state index in [0.29, 0.717) is 23.6 Å². The summed E-state index contributed by atoms with van der Waals surface area (Å²) >= 11 is 0. The maximum Gasteiger partial charge on any atom is 0.295 e. The second-order valence-electron chi connectivity index (χ2n) is 9.13. The summed E-state index contributed by atoms with van der Waals surface area (Å²) in [6.07, 6.45) is 2.73. The third-order valence-electron chi connectivity index (χ3n) is 5.59. The molecule has 0 aliphatic carbocycles. The van der Waals surface area contributed by atoms with Crippen LogP contribution in [0.25, 0.3) is 5.76 Å². The summed E-state index contributed by atoms with van der Waals surface area (Å²) in [5.41, 5.74) is 1.29. The van der Waals surface area contributed by atoms with E-state index >= 15 is 0 Å². The van der Waals surface area contributed by atoms with Crippen molar-refractivity contribution >= 4 is 17.4 Å². The van der Waals surface area contributed by atoms with Crippen molar-refractivity contribution in [3.8, 4) is 11.5 Å². The lowest BCUT2D eigenvalue weighted by Gasteiger charge is -2.26. The minimum absolute atomic E-state index is 0.0160. The van der Waals surface area contributed by atoms with E-state index in [-0.39, 0.29) is 23.5 Å². The van der Waals surface area contributed by atoms with Gasteiger partial charge in [-0.05, 0) is 76.1 Å². The fourth-order valence-corrected chi connectivity index (χ4v) is 4.14. The zero-order valence-corrected chi connectivity index (χ0v) is 20.7. The first-order valence-corrected chi connectivity index (χ1v) is 12.0. The third-order valence-corrected chi connectivity index (χ3v) is 5.59. The summed E-state index contributed by atoms with van der Waals surface area (Å²) < 4.78 is 11.5. The van der Waals surface area contributed by atoms with Crippen molar-refractivity contribution in [3.05, 3.63) is 65.2 Å². The molecule has 34 heavy (non-hydrogen) atoms. The number of ether oxygens (including phenoxy) is 2. The first kappa shape index (κ1) is 25.3. The zero-order chi connectivity index (χ0) is 24.8. The molecular weight excluding hydrogens is 430 g/mol. The maximum absolute atomic E-state index is 13.2. The van der Waals surface area contributed by atoms with Gasteiger partial charge >= 0.3 is 0 Å². The Balaban J connectivity index is 2.07. The van der Waals surface area contributed by atoms with Gasteiger partial charge in [0.05, 0.1) is 23.8 Å². The molecule has 182 valence electrons. The van der Waals surface area contributed by atoms with Crippen LogP contribution in [0.15, 0.2) is 54.1 Å². The Bertz CT molecular complexity index is 1040. The Morgan fingerprint density at radius 1 is 0.941 bits per heavy atom. The van der Waals surface area contributed by atoms with Crippen LogP contribution < -0.4 is 9.47 Å². The summed E-state index contributed by atoms with van der Waals surface area (Å²) in [6, 6.07) is 13.6. The van der Waals surface area contributed by atoms with Crippen LogP contribution in [-0.2, 0) is 9.59 Å². The first-order chi connectivity index (χ1) is 16.2. The van der Waals surface area contributed by atoms with Crippen molar-refractivity contribution in [2.24, 2.45) is 0 Å². The number of benzene rings is 2. The summed E-state index contributed by atoms with van der Waals surface area (Å²) in [4.78, 5) is 27.8. The molecule has 1 atom stereocenters. The fourth-order valence-electron chi connectivity index (χ4n) is 4.14. The Kier molecular flexibility index (Phi) is 8.37. The van der Waals surface area contributed by atoms with E-state index in [9.17, 15) is 14.7 Å². The molecule has 6 heteroatoms. The monoisotopic (exact) mass is 465 g/mol. The molecule has 1 aliphatic heterocycles. The second-order valence-corrected chi connectivity index (χ2v) is 9.13. The van der Waals surface area contributed by atoms with Crippen LogP contribution in [0.3, 0.4) is 0 Å². The molecule has 0 radical (unpaired) electrons. The molecule has 0 aromatic heterocycles. The molecule has 2 aromatic rings. The SMILES string of the molecule is CCCCCN1C(=O)C(=O)/C(=C(\O)c2ccc(OC(C)C)cc2)C1c1cccc(OC(C)C)c1. The highest BCUT2D eigenvalue weighted by molar-refractivity contribution is 6.46. The van der Waals surface area contributed by atoms with Crippen molar-refractivity contribution in [1.82, 2.24) is 4.90 Å². The summed E-state index contributed by atoms with van der Waals surface area (Å²) in [6.45, 7) is 10.3. The maximum atomic E-state index is 13.2. The normalized spacial score (nSPS) is 17.6. The predicted octanol–water partition coefficient (Wildman–Crippen LogP) is 5.87. The molecule has 1 unspecified atom stereocenters. The summed E-state index contributed by atoms with van der Waals surface area (Å²) in [5.74, 6) is -0.120. The van der Waals surface area contributed by atoms with Gasteiger partial charge in [0, 0.05) is 12.1 Å². The van der Waals surface area contributed by atoms with Gasteiger partial charge in [-0.15, -0.1) is 0 Å². The number of likely N-dealkylation sites (tertiary alicyclic amines) is 1. The molecule has 1 fully saturated rings. The van der Waals surface area contributed by atoms with Gasteiger partial charge in [-0.1, -0.05) is 31.9 Å². The number of ketones is 1. The predicted molar refractivity (Wildman–Crippen MR) is 133 cm³/mol. The minimum atomic E-state index is -0.681. The van der Waals surface area contributed by atoms with Gasteiger partial charge in [-0.2, -0.15) is 0 Å². The van der Waals surface area contributed by atoms with Crippen LogP contribution in [-0.4, -0.2) is 40.4 Å². The molecule has 6 nitrogen and oxygen atoms in total. The van der Waals surface area contributed by atoms with E-state index < -0.39 is 17.7 Å². The number of Topliss-reactive ketones (excluding diaryl/α,β-unsaturated/α-hetero) is 1. The van der Waals surface area contributed by atoms with E-state index in [1.807, 2.05) is 52.0 Å². The van der Waals surface area contributed by atoms with Crippen molar-refractivity contribution in [3.63, 3.8) is 0 Å². The molecule has 1 amide bonds. The number of rotatable bonds is 10. The highest BCUT2D eigenvalue weighted by Gasteiger charge is 2.45. The fraction of sp³-hybridized carbons (Fsp3) is 0.429. The second kappa shape index (κ2) is 11.2. The molecular formula is C28H35NO5. The zero-order valence-electron chi connectivity index (χ0n) is 20.7. The third kappa shape index (κ3) is 5.79. The van der Waals surface area contributed by atoms with E-state index in [0.717, 1.165) is 24.8 Å². The lowest BCUT2D eigenvalue weighted by Crippen LogP contribution is -2.30. The lowest BCUT2D eigenvalue weighted by molar-refractivity contribution is -0.139. The van der Waals surface area contributed by atoms with Crippen molar-refractivity contribution in [2.75, 3.05) is 6.54 Å². The van der Waals surface area contributed by atoms with E-state index in [4.69, 9.17) is 9.47 Å². The van der Waals surface area contributed by atoms with Crippen LogP contribution >= 0.6 is 0 Å². The molecule has 1 heterocycles. The molecule has 3 rings (SSSR count). The Labute approximate surface area is 202 Å². The highest BCUT2D eigenvalue weighted by atomic mass is 16.5. The Morgan fingerprint density at radius 2 is 1.59 bits per heavy atom. The summed E-state index contributed by atoms with van der Waals surface area (Å²) in [5, 5.41) is 11.2. The number of nitrogens with zero attached hydrogens (tertiary/aromatic N) is 1. The van der Waals surface area contributed by atoms with Crippen molar-refractivity contribution in [1.29, 1.82) is 0 Å². The Hall–Kier alpha value is -3.28. The number of amides is 1. The molecule has 1 aliphatic rings. The summed E-state index contributed by atoms with van der Waals surface area (Å²) in [7, 11) is 0. The molecule has 1 saturated heterocycles. The first-order valence-electron chi connectivity index (χ1n) is 12.0. The topological polar surface area (TPSA) is 76.1 Å². The van der Waals surface area contributed by atoms with Gasteiger partial charge in [0.25, 0.3) is 11.7 Å². The van der Waals surface area contributed by atoms with Crippen LogP contribution in [0, 0.1) is 0 Å². The molecule has 0 saturated carbocycles. The number of carbonyl (C=O) groups is 2. The van der Waals surface area contributed by atoms with Crippen LogP contribution in [0.4, 0.5) is 0 Å². The quantitative estimate of drug-likeness (QED) is 0.205. The van der Waals surface area contributed by atoms with E-state index in [1.54, 1.807) is 29.2 Å². The van der Waals surface area contributed by atoms with Gasteiger partial charge in [-0.3, -0.25) is 9.59 Å². The van der Waals surface area contributed by atoms with Crippen LogP contribution in [0.1, 0.15) is 71.0 Å². The molecule has 1 N–H and O–H groups in total. The van der Waals surface area contributed by atoms with Gasteiger partial charge in [-0.25, -0.2) is 0 Å². The minimum Gasteiger partial charge on any atom is -0.507 e. The van der Waals surface area contributed by atoms with E-state index in [1.165, 1.54) is 0 Å². The van der Waals surface area contributed by atoms with E-state index in [2.05, 4.69) is 6.92 Å². The number of hydrogen-bond acceptors (Lipinski definition) is 5. The van der Waals surface area contributed by atoms with Crippen LogP contribution in [0.5, 0.6) is 11.5 Å². The average molecular weight is 466 g/mol. The number of unbranched alkanes of at least 4 members (excludes halogenated alkanes) is 2.